The van der Waals surface area contributed by atoms with Crippen molar-refractivity contribution < 1.29 is 14.6 Å². The lowest BCUT2D eigenvalue weighted by atomic mass is 9.79. The number of hydrogen-bond acceptors (Lipinski definition) is 4. The highest BCUT2D eigenvalue weighted by Gasteiger charge is 2.35. The van der Waals surface area contributed by atoms with Crippen molar-refractivity contribution in [1.29, 1.82) is 0 Å². The van der Waals surface area contributed by atoms with Crippen molar-refractivity contribution >= 4 is 0 Å². The fourth-order valence-corrected chi connectivity index (χ4v) is 2.91. The van der Waals surface area contributed by atoms with Gasteiger partial charge < -0.3 is 20.3 Å². The summed E-state index contributed by atoms with van der Waals surface area (Å²) in [5.41, 5.74) is 7.00. The Balaban J connectivity index is 2.48. The number of benzene rings is 1. The highest BCUT2D eigenvalue weighted by Crippen LogP contribution is 2.46. The van der Waals surface area contributed by atoms with Gasteiger partial charge in [0.1, 0.15) is 0 Å². The molecule has 1 saturated carbocycles. The molecule has 4 heteroatoms. The van der Waals surface area contributed by atoms with Gasteiger partial charge >= 0.3 is 0 Å². The molecule has 1 aromatic rings. The van der Waals surface area contributed by atoms with Gasteiger partial charge in [0.05, 0.1) is 14.2 Å². The minimum Gasteiger partial charge on any atom is -0.504 e. The maximum Gasteiger partial charge on any atom is 0.203 e. The van der Waals surface area contributed by atoms with E-state index in [9.17, 15) is 5.11 Å². The Morgan fingerprint density at radius 3 is 2.39 bits per heavy atom. The predicted molar refractivity (Wildman–Crippen MR) is 70.4 cm³/mol. The summed E-state index contributed by atoms with van der Waals surface area (Å²) in [4.78, 5) is 0. The van der Waals surface area contributed by atoms with Crippen molar-refractivity contribution in [2.24, 2.45) is 5.73 Å². The van der Waals surface area contributed by atoms with E-state index in [1.807, 2.05) is 6.07 Å². The summed E-state index contributed by atoms with van der Waals surface area (Å²) in [6.45, 7) is 0.599. The molecule has 1 aliphatic carbocycles. The van der Waals surface area contributed by atoms with Crippen molar-refractivity contribution in [1.82, 2.24) is 0 Å². The summed E-state index contributed by atoms with van der Waals surface area (Å²) in [7, 11) is 3.09. The zero-order valence-electron chi connectivity index (χ0n) is 11.0. The zero-order valence-corrected chi connectivity index (χ0v) is 11.0. The largest absolute Gasteiger partial charge is 0.504 e. The van der Waals surface area contributed by atoms with Gasteiger partial charge in [-0.25, -0.2) is 0 Å². The van der Waals surface area contributed by atoms with E-state index in [4.69, 9.17) is 15.2 Å². The molecule has 1 aromatic carbocycles. The van der Waals surface area contributed by atoms with Gasteiger partial charge in [-0.3, -0.25) is 0 Å². The van der Waals surface area contributed by atoms with E-state index in [0.29, 0.717) is 18.0 Å². The molecule has 0 bridgehead atoms. The molecular formula is C14H21NO3. The first-order chi connectivity index (χ1) is 8.66. The number of methoxy groups -OCH3 is 2. The highest BCUT2D eigenvalue weighted by molar-refractivity contribution is 5.54. The smallest absolute Gasteiger partial charge is 0.203 e. The third-order valence-corrected chi connectivity index (χ3v) is 4.02. The molecule has 4 nitrogen and oxygen atoms in total. The van der Waals surface area contributed by atoms with Gasteiger partial charge in [0, 0.05) is 12.0 Å². The van der Waals surface area contributed by atoms with Gasteiger partial charge in [-0.1, -0.05) is 12.8 Å². The van der Waals surface area contributed by atoms with Crippen LogP contribution in [0.1, 0.15) is 31.2 Å². The monoisotopic (exact) mass is 251 g/mol. The number of ether oxygens (including phenoxy) is 2. The number of nitrogens with two attached hydrogens (primary N) is 1. The van der Waals surface area contributed by atoms with E-state index >= 15 is 0 Å². The van der Waals surface area contributed by atoms with E-state index in [0.717, 1.165) is 18.4 Å². The first-order valence-electron chi connectivity index (χ1n) is 6.32. The Labute approximate surface area is 108 Å². The molecule has 0 atom stereocenters. The quantitative estimate of drug-likeness (QED) is 0.861. The van der Waals surface area contributed by atoms with Gasteiger partial charge in [0.15, 0.2) is 11.5 Å². The van der Waals surface area contributed by atoms with Crippen LogP contribution in [-0.2, 0) is 5.41 Å². The summed E-state index contributed by atoms with van der Waals surface area (Å²) in [6.07, 6.45) is 4.51. The van der Waals surface area contributed by atoms with Gasteiger partial charge in [0.2, 0.25) is 5.75 Å². The predicted octanol–water partition coefficient (Wildman–Crippen LogP) is 2.18. The van der Waals surface area contributed by atoms with Crippen LogP contribution in [0.2, 0.25) is 0 Å². The van der Waals surface area contributed by atoms with Crippen LogP contribution >= 0.6 is 0 Å². The molecule has 3 N–H and O–H groups in total. The molecule has 0 unspecified atom stereocenters. The van der Waals surface area contributed by atoms with Crippen molar-refractivity contribution in [3.63, 3.8) is 0 Å². The Morgan fingerprint density at radius 2 is 1.89 bits per heavy atom. The number of phenolic OH excluding ortho intramolecular Hbond substituents is 1. The fourth-order valence-electron chi connectivity index (χ4n) is 2.91. The maximum absolute atomic E-state index is 10.0. The third kappa shape index (κ3) is 2.01. The molecule has 1 fully saturated rings. The van der Waals surface area contributed by atoms with Gasteiger partial charge in [0.25, 0.3) is 0 Å². The topological polar surface area (TPSA) is 64.7 Å². The Hall–Kier alpha value is -1.42. The molecule has 0 saturated heterocycles. The Kier molecular flexibility index (Phi) is 3.66. The second kappa shape index (κ2) is 5.06. The fraction of sp³-hybridized carbons (Fsp3) is 0.571. The van der Waals surface area contributed by atoms with Crippen LogP contribution in [0.4, 0.5) is 0 Å². The molecule has 0 radical (unpaired) electrons. The molecule has 0 spiro atoms. The lowest BCUT2D eigenvalue weighted by molar-refractivity contribution is 0.329. The molecule has 2 rings (SSSR count). The molecule has 0 amide bonds. The Morgan fingerprint density at radius 1 is 1.22 bits per heavy atom. The molecule has 0 aromatic heterocycles. The first-order valence-corrected chi connectivity index (χ1v) is 6.32. The second-order valence-corrected chi connectivity index (χ2v) is 4.92. The van der Waals surface area contributed by atoms with E-state index in [1.165, 1.54) is 20.0 Å². The molecule has 18 heavy (non-hydrogen) atoms. The summed E-state index contributed by atoms with van der Waals surface area (Å²) in [5.74, 6) is 1.06. The van der Waals surface area contributed by atoms with Crippen molar-refractivity contribution in [3.8, 4) is 17.2 Å². The van der Waals surface area contributed by atoms with Crippen LogP contribution < -0.4 is 15.2 Å². The summed E-state index contributed by atoms with van der Waals surface area (Å²) >= 11 is 0. The summed E-state index contributed by atoms with van der Waals surface area (Å²) in [5, 5.41) is 10.0. The normalized spacial score (nSPS) is 17.7. The molecular weight excluding hydrogens is 230 g/mol. The number of phenols is 1. The SMILES string of the molecule is COc1cc(C2(CN)CCCC2)cc(O)c1OC. The van der Waals surface area contributed by atoms with Crippen LogP contribution in [0.3, 0.4) is 0 Å². The van der Waals surface area contributed by atoms with Crippen molar-refractivity contribution in [2.75, 3.05) is 20.8 Å². The molecule has 1 aliphatic rings. The highest BCUT2D eigenvalue weighted by atomic mass is 16.5. The van der Waals surface area contributed by atoms with Crippen LogP contribution in [0, 0.1) is 0 Å². The number of hydrogen-bond donors (Lipinski definition) is 2. The summed E-state index contributed by atoms with van der Waals surface area (Å²) in [6, 6.07) is 3.70. The van der Waals surface area contributed by atoms with Gasteiger partial charge in [-0.2, -0.15) is 0 Å². The third-order valence-electron chi connectivity index (χ3n) is 4.02. The minimum absolute atomic E-state index is 0.0168. The summed E-state index contributed by atoms with van der Waals surface area (Å²) < 4.78 is 10.4. The van der Waals surface area contributed by atoms with Crippen molar-refractivity contribution in [2.45, 2.75) is 31.1 Å². The van der Waals surface area contributed by atoms with Crippen LogP contribution in [0.5, 0.6) is 17.2 Å². The zero-order chi connectivity index (χ0) is 13.2. The van der Waals surface area contributed by atoms with E-state index in [-0.39, 0.29) is 11.2 Å². The lowest BCUT2D eigenvalue weighted by Gasteiger charge is -2.28. The van der Waals surface area contributed by atoms with Crippen LogP contribution in [0.15, 0.2) is 12.1 Å². The number of rotatable bonds is 4. The maximum atomic E-state index is 10.0. The number of aromatic hydroxyl groups is 1. The standard InChI is InChI=1S/C14H21NO3/c1-17-12-8-10(7-11(16)13(12)18-2)14(9-15)5-3-4-6-14/h7-8,16H,3-6,9,15H2,1-2H3. The average Bonchev–Trinajstić information content (AvgIpc) is 2.87. The first kappa shape index (κ1) is 13.0. The van der Waals surface area contributed by atoms with E-state index in [2.05, 4.69) is 0 Å². The van der Waals surface area contributed by atoms with E-state index < -0.39 is 0 Å². The van der Waals surface area contributed by atoms with Gasteiger partial charge in [-0.05, 0) is 30.5 Å². The molecule has 100 valence electrons. The minimum atomic E-state index is -0.0168. The van der Waals surface area contributed by atoms with Crippen LogP contribution in [0.25, 0.3) is 0 Å². The Bertz CT molecular complexity index is 425. The van der Waals surface area contributed by atoms with Crippen LogP contribution in [-0.4, -0.2) is 25.9 Å². The van der Waals surface area contributed by atoms with Crippen molar-refractivity contribution in [3.05, 3.63) is 17.7 Å². The second-order valence-electron chi connectivity index (χ2n) is 4.92. The molecule has 0 aliphatic heterocycles. The van der Waals surface area contributed by atoms with E-state index in [1.54, 1.807) is 13.2 Å². The lowest BCUT2D eigenvalue weighted by Crippen LogP contribution is -2.32. The molecule has 0 heterocycles. The average molecular weight is 251 g/mol. The van der Waals surface area contributed by atoms with Gasteiger partial charge in [-0.15, -0.1) is 0 Å².